The Balaban J connectivity index is 2.53. The van der Waals surface area contributed by atoms with Crippen LogP contribution in [-0.2, 0) is 6.54 Å². The largest absolute Gasteiger partial charge is 0.312 e. The number of nitrogens with one attached hydrogen (secondary N) is 1. The van der Waals surface area contributed by atoms with Crippen LogP contribution in [0.15, 0.2) is 22.7 Å². The van der Waals surface area contributed by atoms with Crippen molar-refractivity contribution in [1.29, 1.82) is 0 Å². The quantitative estimate of drug-likeness (QED) is 0.613. The summed E-state index contributed by atoms with van der Waals surface area (Å²) in [6.07, 6.45) is 2.09. The van der Waals surface area contributed by atoms with Gasteiger partial charge in [-0.3, -0.25) is 10.1 Å². The van der Waals surface area contributed by atoms with E-state index in [2.05, 4.69) is 34.4 Å². The molecule has 0 spiro atoms. The Morgan fingerprint density at radius 3 is 2.89 bits per heavy atom. The van der Waals surface area contributed by atoms with Gasteiger partial charge in [0.15, 0.2) is 0 Å². The minimum absolute atomic E-state index is 0.117. The topological polar surface area (TPSA) is 55.2 Å². The van der Waals surface area contributed by atoms with E-state index in [1.54, 1.807) is 12.1 Å². The second-order valence-electron chi connectivity index (χ2n) is 4.23. The van der Waals surface area contributed by atoms with E-state index in [1.807, 2.05) is 17.8 Å². The van der Waals surface area contributed by atoms with E-state index in [1.165, 1.54) is 0 Å². The lowest BCUT2D eigenvalue weighted by Gasteiger charge is -2.11. The number of hydrogen-bond acceptors (Lipinski definition) is 4. The van der Waals surface area contributed by atoms with Crippen molar-refractivity contribution in [3.05, 3.63) is 38.3 Å². The van der Waals surface area contributed by atoms with Crippen molar-refractivity contribution in [2.45, 2.75) is 13.5 Å². The van der Waals surface area contributed by atoms with Crippen molar-refractivity contribution in [3.63, 3.8) is 0 Å². The summed E-state index contributed by atoms with van der Waals surface area (Å²) >= 11 is 5.01. The summed E-state index contributed by atoms with van der Waals surface area (Å²) in [4.78, 5) is 10.4. The van der Waals surface area contributed by atoms with E-state index in [4.69, 9.17) is 0 Å². The van der Waals surface area contributed by atoms with Crippen LogP contribution in [0.3, 0.4) is 0 Å². The van der Waals surface area contributed by atoms with Gasteiger partial charge in [-0.25, -0.2) is 0 Å². The van der Waals surface area contributed by atoms with Gasteiger partial charge in [0.25, 0.3) is 5.69 Å². The molecule has 0 aromatic heterocycles. The molecule has 6 heteroatoms. The Bertz CT molecular complexity index is 415. The molecular formula is C12H17BrN2O2S. The zero-order chi connectivity index (χ0) is 13.5. The number of nitro benzene ring substituents is 1. The highest BCUT2D eigenvalue weighted by atomic mass is 79.9. The molecule has 0 fully saturated rings. The summed E-state index contributed by atoms with van der Waals surface area (Å²) in [6, 6.07) is 5.22. The second kappa shape index (κ2) is 7.76. The minimum atomic E-state index is -0.371. The normalized spacial score (nSPS) is 12.4. The molecule has 0 radical (unpaired) electrons. The molecule has 1 unspecified atom stereocenters. The Labute approximate surface area is 120 Å². The van der Waals surface area contributed by atoms with Crippen molar-refractivity contribution in [1.82, 2.24) is 5.32 Å². The third-order valence-corrected chi connectivity index (χ3v) is 4.05. The maximum Gasteiger partial charge on any atom is 0.283 e. The molecule has 0 amide bonds. The van der Waals surface area contributed by atoms with E-state index in [0.29, 0.717) is 16.9 Å². The number of nitro groups is 1. The Morgan fingerprint density at radius 1 is 1.56 bits per heavy atom. The molecule has 0 saturated carbocycles. The molecule has 0 aliphatic carbocycles. The molecule has 4 nitrogen and oxygen atoms in total. The first-order chi connectivity index (χ1) is 8.54. The lowest BCUT2D eigenvalue weighted by Crippen LogP contribution is -2.22. The molecule has 100 valence electrons. The van der Waals surface area contributed by atoms with Gasteiger partial charge in [0.2, 0.25) is 0 Å². The van der Waals surface area contributed by atoms with Crippen LogP contribution in [-0.4, -0.2) is 23.5 Å². The number of thioether (sulfide) groups is 1. The van der Waals surface area contributed by atoms with Crippen LogP contribution in [0.4, 0.5) is 5.69 Å². The minimum Gasteiger partial charge on any atom is -0.312 e. The Kier molecular flexibility index (Phi) is 6.67. The number of nitrogens with zero attached hydrogens (tertiary/aromatic N) is 1. The smallest absolute Gasteiger partial charge is 0.283 e. The number of halogens is 1. The van der Waals surface area contributed by atoms with Crippen LogP contribution in [0.25, 0.3) is 0 Å². The molecule has 1 aromatic rings. The SMILES string of the molecule is CSCC(C)CNCc1ccc(Br)c([N+](=O)[O-])c1. The van der Waals surface area contributed by atoms with E-state index in [9.17, 15) is 10.1 Å². The molecule has 0 bridgehead atoms. The first-order valence-electron chi connectivity index (χ1n) is 5.67. The van der Waals surface area contributed by atoms with Gasteiger partial charge in [-0.05, 0) is 52.0 Å². The summed E-state index contributed by atoms with van der Waals surface area (Å²) in [5.41, 5.74) is 1.05. The summed E-state index contributed by atoms with van der Waals surface area (Å²) < 4.78 is 0.520. The zero-order valence-corrected chi connectivity index (χ0v) is 12.9. The van der Waals surface area contributed by atoms with E-state index in [0.717, 1.165) is 17.9 Å². The van der Waals surface area contributed by atoms with Gasteiger partial charge >= 0.3 is 0 Å². The highest BCUT2D eigenvalue weighted by Crippen LogP contribution is 2.25. The lowest BCUT2D eigenvalue weighted by atomic mass is 10.2. The van der Waals surface area contributed by atoms with Crippen LogP contribution in [0, 0.1) is 16.0 Å². The maximum atomic E-state index is 10.8. The van der Waals surface area contributed by atoms with Crippen molar-refractivity contribution < 1.29 is 4.92 Å². The van der Waals surface area contributed by atoms with Crippen molar-refractivity contribution >= 4 is 33.4 Å². The molecule has 1 aromatic carbocycles. The number of rotatable bonds is 7. The van der Waals surface area contributed by atoms with E-state index >= 15 is 0 Å². The van der Waals surface area contributed by atoms with Gasteiger partial charge in [-0.2, -0.15) is 11.8 Å². The first kappa shape index (κ1) is 15.5. The van der Waals surface area contributed by atoms with Gasteiger partial charge < -0.3 is 5.32 Å². The molecule has 18 heavy (non-hydrogen) atoms. The molecular weight excluding hydrogens is 316 g/mol. The molecule has 1 N–H and O–H groups in total. The van der Waals surface area contributed by atoms with Crippen LogP contribution >= 0.6 is 27.7 Å². The Hall–Kier alpha value is -0.590. The van der Waals surface area contributed by atoms with Gasteiger partial charge in [-0.15, -0.1) is 0 Å². The summed E-state index contributed by atoms with van der Waals surface area (Å²) in [5, 5.41) is 14.1. The fraction of sp³-hybridized carbons (Fsp3) is 0.500. The predicted octanol–water partition coefficient (Wildman–Crippen LogP) is 3.45. The molecule has 1 atom stereocenters. The first-order valence-corrected chi connectivity index (χ1v) is 7.85. The van der Waals surface area contributed by atoms with Crippen molar-refractivity contribution in [3.8, 4) is 0 Å². The third-order valence-electron chi connectivity index (χ3n) is 2.48. The fourth-order valence-corrected chi connectivity index (χ4v) is 2.69. The van der Waals surface area contributed by atoms with Gasteiger partial charge in [0.05, 0.1) is 9.40 Å². The molecule has 0 heterocycles. The zero-order valence-electron chi connectivity index (χ0n) is 10.5. The molecule has 0 aliphatic rings. The van der Waals surface area contributed by atoms with Gasteiger partial charge in [0, 0.05) is 12.6 Å². The van der Waals surface area contributed by atoms with Crippen molar-refractivity contribution in [2.75, 3.05) is 18.6 Å². The second-order valence-corrected chi connectivity index (χ2v) is 6.00. The average molecular weight is 333 g/mol. The molecule has 0 saturated heterocycles. The number of hydrogen-bond donors (Lipinski definition) is 1. The van der Waals surface area contributed by atoms with Crippen LogP contribution in [0.2, 0.25) is 0 Å². The van der Waals surface area contributed by atoms with Gasteiger partial charge in [-0.1, -0.05) is 13.0 Å². The molecule has 0 aliphatic heterocycles. The van der Waals surface area contributed by atoms with Gasteiger partial charge in [0.1, 0.15) is 0 Å². The predicted molar refractivity (Wildman–Crippen MR) is 80.0 cm³/mol. The highest BCUT2D eigenvalue weighted by molar-refractivity contribution is 9.10. The van der Waals surface area contributed by atoms with Crippen LogP contribution < -0.4 is 5.32 Å². The Morgan fingerprint density at radius 2 is 2.28 bits per heavy atom. The monoisotopic (exact) mass is 332 g/mol. The average Bonchev–Trinajstić information content (AvgIpc) is 2.31. The molecule has 1 rings (SSSR count). The standard InChI is InChI=1S/C12H17BrN2O2S/c1-9(8-18-2)6-14-7-10-3-4-11(13)12(5-10)15(16)17/h3-5,9,14H,6-8H2,1-2H3. The lowest BCUT2D eigenvalue weighted by molar-refractivity contribution is -0.385. The van der Waals surface area contributed by atoms with E-state index < -0.39 is 0 Å². The summed E-state index contributed by atoms with van der Waals surface area (Å²) in [7, 11) is 0. The maximum absolute atomic E-state index is 10.8. The summed E-state index contributed by atoms with van der Waals surface area (Å²) in [6.45, 7) is 3.77. The van der Waals surface area contributed by atoms with E-state index in [-0.39, 0.29) is 10.6 Å². The highest BCUT2D eigenvalue weighted by Gasteiger charge is 2.12. The summed E-state index contributed by atoms with van der Waals surface area (Å²) in [5.74, 6) is 1.72. The van der Waals surface area contributed by atoms with Crippen molar-refractivity contribution in [2.24, 2.45) is 5.92 Å². The number of benzene rings is 1. The fourth-order valence-electron chi connectivity index (χ4n) is 1.61. The van der Waals surface area contributed by atoms with Crippen LogP contribution in [0.1, 0.15) is 12.5 Å². The third kappa shape index (κ3) is 4.96. The van der Waals surface area contributed by atoms with Crippen LogP contribution in [0.5, 0.6) is 0 Å².